The van der Waals surface area contributed by atoms with Gasteiger partial charge in [-0.25, -0.2) is 19.0 Å². The van der Waals surface area contributed by atoms with Gasteiger partial charge in [0.05, 0.1) is 30.4 Å². The molecule has 0 atom stereocenters. The van der Waals surface area contributed by atoms with Crippen molar-refractivity contribution in [3.8, 4) is 5.75 Å². The standard InChI is InChI=1S/C17H19FN6O/c1-25-15-13(18)3-2-4-14(15)23-16-12-9-22-24(17(12)21-10-20-16)11-5-7-19-8-6-11/h2-4,9-11,19H,5-8H2,1H3,(H,20,21,23). The van der Waals surface area contributed by atoms with Gasteiger partial charge in [-0.3, -0.25) is 0 Å². The molecule has 1 fully saturated rings. The number of hydrogen-bond acceptors (Lipinski definition) is 6. The minimum Gasteiger partial charge on any atom is -0.492 e. The van der Waals surface area contributed by atoms with Crippen LogP contribution in [-0.4, -0.2) is 39.9 Å². The van der Waals surface area contributed by atoms with Gasteiger partial charge in [-0.15, -0.1) is 0 Å². The zero-order valence-corrected chi connectivity index (χ0v) is 13.9. The molecule has 3 heterocycles. The number of methoxy groups -OCH3 is 1. The van der Waals surface area contributed by atoms with Gasteiger partial charge >= 0.3 is 0 Å². The van der Waals surface area contributed by atoms with Crippen LogP contribution >= 0.6 is 0 Å². The number of para-hydroxylation sites is 1. The molecular formula is C17H19FN6O. The van der Waals surface area contributed by atoms with Gasteiger partial charge in [-0.05, 0) is 38.1 Å². The molecule has 0 bridgehead atoms. The van der Waals surface area contributed by atoms with Crippen LogP contribution in [-0.2, 0) is 0 Å². The number of aromatic nitrogens is 4. The van der Waals surface area contributed by atoms with E-state index < -0.39 is 5.82 Å². The van der Waals surface area contributed by atoms with E-state index in [-0.39, 0.29) is 5.75 Å². The molecule has 1 aliphatic rings. The van der Waals surface area contributed by atoms with Gasteiger partial charge in [0, 0.05) is 0 Å². The van der Waals surface area contributed by atoms with Crippen molar-refractivity contribution in [2.24, 2.45) is 0 Å². The second-order valence-electron chi connectivity index (χ2n) is 5.98. The Morgan fingerprint density at radius 3 is 2.92 bits per heavy atom. The van der Waals surface area contributed by atoms with Gasteiger partial charge in [0.25, 0.3) is 0 Å². The molecule has 4 rings (SSSR count). The summed E-state index contributed by atoms with van der Waals surface area (Å²) in [5.74, 6) is 0.303. The normalized spacial score (nSPS) is 15.4. The molecule has 25 heavy (non-hydrogen) atoms. The molecular weight excluding hydrogens is 323 g/mol. The Hall–Kier alpha value is -2.74. The quantitative estimate of drug-likeness (QED) is 0.759. The highest BCUT2D eigenvalue weighted by Gasteiger charge is 2.20. The number of hydrogen-bond donors (Lipinski definition) is 2. The fourth-order valence-electron chi connectivity index (χ4n) is 3.22. The first-order valence-electron chi connectivity index (χ1n) is 8.26. The molecule has 2 aromatic heterocycles. The Morgan fingerprint density at radius 2 is 2.12 bits per heavy atom. The largest absolute Gasteiger partial charge is 0.492 e. The molecule has 1 saturated heterocycles. The Bertz CT molecular complexity index is 890. The monoisotopic (exact) mass is 342 g/mol. The van der Waals surface area contributed by atoms with Crippen LogP contribution in [0.5, 0.6) is 5.75 Å². The van der Waals surface area contributed by atoms with Gasteiger partial charge in [0.15, 0.2) is 17.2 Å². The van der Waals surface area contributed by atoms with Gasteiger partial charge in [-0.1, -0.05) is 6.07 Å². The zero-order chi connectivity index (χ0) is 17.2. The average molecular weight is 342 g/mol. The lowest BCUT2D eigenvalue weighted by atomic mass is 10.1. The van der Waals surface area contributed by atoms with E-state index in [1.165, 1.54) is 19.5 Å². The third kappa shape index (κ3) is 2.89. The molecule has 0 saturated carbocycles. The average Bonchev–Trinajstić information content (AvgIpc) is 3.08. The number of nitrogens with zero attached hydrogens (tertiary/aromatic N) is 4. The molecule has 0 aliphatic carbocycles. The SMILES string of the molecule is COc1c(F)cccc1Nc1ncnc2c1cnn2C1CCNCC1. The van der Waals surface area contributed by atoms with Gasteiger partial charge < -0.3 is 15.4 Å². The number of halogens is 1. The highest BCUT2D eigenvalue weighted by Crippen LogP contribution is 2.32. The van der Waals surface area contributed by atoms with Crippen molar-refractivity contribution in [1.29, 1.82) is 0 Å². The predicted molar refractivity (Wildman–Crippen MR) is 92.7 cm³/mol. The number of nitrogens with one attached hydrogen (secondary N) is 2. The van der Waals surface area contributed by atoms with Gasteiger partial charge in [-0.2, -0.15) is 5.10 Å². The van der Waals surface area contributed by atoms with Crippen LogP contribution in [0.15, 0.2) is 30.7 Å². The van der Waals surface area contributed by atoms with Gasteiger partial charge in [0.1, 0.15) is 12.1 Å². The second kappa shape index (κ2) is 6.64. The molecule has 8 heteroatoms. The molecule has 0 radical (unpaired) electrons. The Labute approximate surface area is 144 Å². The van der Waals surface area contributed by atoms with Crippen LogP contribution in [0.4, 0.5) is 15.9 Å². The Balaban J connectivity index is 1.72. The van der Waals surface area contributed by atoms with Crippen LogP contribution < -0.4 is 15.4 Å². The van der Waals surface area contributed by atoms with Crippen molar-refractivity contribution in [2.75, 3.05) is 25.5 Å². The highest BCUT2D eigenvalue weighted by molar-refractivity contribution is 5.88. The van der Waals surface area contributed by atoms with Crippen molar-refractivity contribution >= 4 is 22.5 Å². The van der Waals surface area contributed by atoms with E-state index in [0.717, 1.165) is 37.0 Å². The number of piperidine rings is 1. The number of ether oxygens (including phenoxy) is 1. The van der Waals surface area contributed by atoms with Crippen LogP contribution in [0.1, 0.15) is 18.9 Å². The number of fused-ring (bicyclic) bond motifs is 1. The molecule has 3 aromatic rings. The molecule has 1 aliphatic heterocycles. The van der Waals surface area contributed by atoms with Crippen LogP contribution in [0, 0.1) is 5.82 Å². The first-order chi connectivity index (χ1) is 12.3. The fraction of sp³-hybridized carbons (Fsp3) is 0.353. The summed E-state index contributed by atoms with van der Waals surface area (Å²) in [5.41, 5.74) is 1.29. The van der Waals surface area contributed by atoms with Crippen molar-refractivity contribution < 1.29 is 9.13 Å². The van der Waals surface area contributed by atoms with E-state index >= 15 is 0 Å². The number of benzene rings is 1. The van der Waals surface area contributed by atoms with E-state index in [1.54, 1.807) is 18.3 Å². The fourth-order valence-corrected chi connectivity index (χ4v) is 3.22. The third-order valence-corrected chi connectivity index (χ3v) is 4.47. The molecule has 0 spiro atoms. The van der Waals surface area contributed by atoms with Crippen molar-refractivity contribution in [2.45, 2.75) is 18.9 Å². The van der Waals surface area contributed by atoms with E-state index in [9.17, 15) is 4.39 Å². The maximum atomic E-state index is 13.9. The van der Waals surface area contributed by atoms with E-state index in [2.05, 4.69) is 25.7 Å². The zero-order valence-electron chi connectivity index (χ0n) is 13.9. The van der Waals surface area contributed by atoms with E-state index in [4.69, 9.17) is 4.74 Å². The molecule has 2 N–H and O–H groups in total. The van der Waals surface area contributed by atoms with Crippen molar-refractivity contribution in [3.05, 3.63) is 36.5 Å². The summed E-state index contributed by atoms with van der Waals surface area (Å²) in [6, 6.07) is 5.05. The molecule has 0 amide bonds. The summed E-state index contributed by atoms with van der Waals surface area (Å²) in [6.07, 6.45) is 5.28. The van der Waals surface area contributed by atoms with Crippen LogP contribution in [0.3, 0.4) is 0 Å². The lowest BCUT2D eigenvalue weighted by Gasteiger charge is -2.23. The lowest BCUT2D eigenvalue weighted by molar-refractivity contribution is 0.349. The highest BCUT2D eigenvalue weighted by atomic mass is 19.1. The summed E-state index contributed by atoms with van der Waals surface area (Å²) in [7, 11) is 1.44. The summed E-state index contributed by atoms with van der Waals surface area (Å²) in [6.45, 7) is 1.95. The molecule has 130 valence electrons. The molecule has 1 aromatic carbocycles. The van der Waals surface area contributed by atoms with E-state index in [1.807, 2.05) is 4.68 Å². The number of rotatable bonds is 4. The van der Waals surface area contributed by atoms with Crippen molar-refractivity contribution in [3.63, 3.8) is 0 Å². The topological polar surface area (TPSA) is 76.9 Å². The Morgan fingerprint density at radius 1 is 1.28 bits per heavy atom. The van der Waals surface area contributed by atoms with E-state index in [0.29, 0.717) is 17.5 Å². The summed E-state index contributed by atoms with van der Waals surface area (Å²) in [5, 5.41) is 11.8. The second-order valence-corrected chi connectivity index (χ2v) is 5.98. The predicted octanol–water partition coefficient (Wildman–Crippen LogP) is 2.64. The number of anilines is 2. The smallest absolute Gasteiger partial charge is 0.178 e. The summed E-state index contributed by atoms with van der Waals surface area (Å²) in [4.78, 5) is 8.70. The minimum absolute atomic E-state index is 0.153. The first-order valence-corrected chi connectivity index (χ1v) is 8.26. The van der Waals surface area contributed by atoms with Crippen LogP contribution in [0.2, 0.25) is 0 Å². The first kappa shape index (κ1) is 15.8. The maximum absolute atomic E-state index is 13.9. The van der Waals surface area contributed by atoms with Crippen molar-refractivity contribution in [1.82, 2.24) is 25.1 Å². The Kier molecular flexibility index (Phi) is 4.19. The molecule has 7 nitrogen and oxygen atoms in total. The minimum atomic E-state index is -0.428. The molecule has 0 unspecified atom stereocenters. The summed E-state index contributed by atoms with van der Waals surface area (Å²) >= 11 is 0. The lowest BCUT2D eigenvalue weighted by Crippen LogP contribution is -2.29. The van der Waals surface area contributed by atoms with Crippen LogP contribution in [0.25, 0.3) is 11.0 Å². The van der Waals surface area contributed by atoms with Gasteiger partial charge in [0.2, 0.25) is 0 Å². The summed E-state index contributed by atoms with van der Waals surface area (Å²) < 4.78 is 21.0. The third-order valence-electron chi connectivity index (χ3n) is 4.47. The maximum Gasteiger partial charge on any atom is 0.178 e.